The highest BCUT2D eigenvalue weighted by Crippen LogP contribution is 2.36. The number of nitrogens with zero attached hydrogens (tertiary/aromatic N) is 1. The zero-order valence-electron chi connectivity index (χ0n) is 15.8. The molecule has 4 rings (SSSR count). The number of thiophene rings is 1. The van der Waals surface area contributed by atoms with Crippen molar-refractivity contribution in [3.8, 4) is 5.75 Å². The molecule has 0 fully saturated rings. The molecule has 1 aliphatic heterocycles. The van der Waals surface area contributed by atoms with Crippen LogP contribution >= 0.6 is 22.9 Å². The van der Waals surface area contributed by atoms with Gasteiger partial charge in [-0.2, -0.15) is 0 Å². The molecule has 0 saturated heterocycles. The van der Waals surface area contributed by atoms with E-state index in [2.05, 4.69) is 5.32 Å². The van der Waals surface area contributed by atoms with Crippen molar-refractivity contribution in [3.63, 3.8) is 0 Å². The molecule has 3 aromatic rings. The van der Waals surface area contributed by atoms with Crippen LogP contribution < -0.4 is 15.0 Å². The molecule has 8 heteroatoms. The Kier molecular flexibility index (Phi) is 5.57. The third kappa shape index (κ3) is 3.69. The first-order valence-corrected chi connectivity index (χ1v) is 10.4. The van der Waals surface area contributed by atoms with Crippen molar-refractivity contribution >= 4 is 51.7 Å². The molecule has 5 nitrogen and oxygen atoms in total. The predicted octanol–water partition coefficient (Wildman–Crippen LogP) is 5.34. The normalized spacial score (nSPS) is 13.9. The second-order valence-electron chi connectivity index (χ2n) is 6.35. The summed E-state index contributed by atoms with van der Waals surface area (Å²) in [4.78, 5) is 28.1. The van der Waals surface area contributed by atoms with Crippen LogP contribution in [0.4, 0.5) is 15.8 Å². The van der Waals surface area contributed by atoms with Gasteiger partial charge in [-0.3, -0.25) is 9.59 Å². The van der Waals surface area contributed by atoms with Crippen molar-refractivity contribution in [1.82, 2.24) is 0 Å². The fraction of sp³-hybridized carbons (Fsp3) is 0.0909. The van der Waals surface area contributed by atoms with Gasteiger partial charge in [0.15, 0.2) is 0 Å². The molecule has 152 valence electrons. The van der Waals surface area contributed by atoms with Crippen molar-refractivity contribution in [2.24, 2.45) is 0 Å². The van der Waals surface area contributed by atoms with Gasteiger partial charge in [0, 0.05) is 10.6 Å². The minimum absolute atomic E-state index is 0.145. The fourth-order valence-corrected chi connectivity index (χ4v) is 4.04. The molecule has 1 aromatic heterocycles. The Morgan fingerprint density at radius 1 is 1.10 bits per heavy atom. The number of amides is 2. The topological polar surface area (TPSA) is 58.6 Å². The summed E-state index contributed by atoms with van der Waals surface area (Å²) in [7, 11) is 0. The number of ether oxygens (including phenoxy) is 1. The second kappa shape index (κ2) is 8.30. The fourth-order valence-electron chi connectivity index (χ4n) is 3.10. The number of benzene rings is 2. The van der Waals surface area contributed by atoms with E-state index in [1.54, 1.807) is 36.4 Å². The zero-order chi connectivity index (χ0) is 21.3. The number of hydrogen-bond acceptors (Lipinski definition) is 5. The number of anilines is 2. The molecule has 0 spiro atoms. The van der Waals surface area contributed by atoms with E-state index < -0.39 is 17.6 Å². The third-order valence-corrected chi connectivity index (χ3v) is 5.62. The molecule has 1 aliphatic rings. The number of hydrogen-bond donors (Lipinski definition) is 1. The SMILES string of the molecule is CCOc1ccc(NC2=C(c3cccs3)C(=O)N(c3ccc(F)c(Cl)c3)C2=O)cc1. The second-order valence-corrected chi connectivity index (χ2v) is 7.71. The maximum absolute atomic E-state index is 13.6. The van der Waals surface area contributed by atoms with E-state index >= 15 is 0 Å². The van der Waals surface area contributed by atoms with Gasteiger partial charge in [-0.25, -0.2) is 9.29 Å². The minimum Gasteiger partial charge on any atom is -0.494 e. The van der Waals surface area contributed by atoms with Crippen molar-refractivity contribution in [2.45, 2.75) is 6.92 Å². The summed E-state index contributed by atoms with van der Waals surface area (Å²) in [6, 6.07) is 14.4. The lowest BCUT2D eigenvalue weighted by molar-refractivity contribution is -0.120. The molecule has 2 amide bonds. The summed E-state index contributed by atoms with van der Waals surface area (Å²) in [5.74, 6) is -0.968. The van der Waals surface area contributed by atoms with E-state index in [1.165, 1.54) is 23.5 Å². The number of carbonyl (C=O) groups is 2. The molecule has 0 saturated carbocycles. The summed E-state index contributed by atoms with van der Waals surface area (Å²) < 4.78 is 19.0. The molecule has 1 N–H and O–H groups in total. The number of halogens is 2. The van der Waals surface area contributed by atoms with Crippen LogP contribution in [0.5, 0.6) is 5.75 Å². The predicted molar refractivity (Wildman–Crippen MR) is 116 cm³/mol. The summed E-state index contributed by atoms with van der Waals surface area (Å²) in [6.45, 7) is 2.44. The average molecular weight is 443 g/mol. The quantitative estimate of drug-likeness (QED) is 0.524. The highest BCUT2D eigenvalue weighted by molar-refractivity contribution is 7.11. The van der Waals surface area contributed by atoms with Crippen LogP contribution in [0.2, 0.25) is 5.02 Å². The first-order valence-electron chi connectivity index (χ1n) is 9.11. The first-order chi connectivity index (χ1) is 14.5. The molecule has 2 heterocycles. The van der Waals surface area contributed by atoms with Crippen LogP contribution in [-0.4, -0.2) is 18.4 Å². The monoisotopic (exact) mass is 442 g/mol. The third-order valence-electron chi connectivity index (χ3n) is 4.45. The van der Waals surface area contributed by atoms with E-state index in [0.717, 1.165) is 11.0 Å². The van der Waals surface area contributed by atoms with Gasteiger partial charge < -0.3 is 10.1 Å². The standard InChI is InChI=1S/C22H16ClFN2O3S/c1-2-29-15-8-5-13(6-9-15)25-20-19(18-4-3-11-30-18)21(27)26(22(20)28)14-7-10-17(24)16(23)12-14/h3-12,25H,2H2,1H3. The van der Waals surface area contributed by atoms with Crippen molar-refractivity contribution in [3.05, 3.63) is 81.4 Å². The Balaban J connectivity index is 1.73. The van der Waals surface area contributed by atoms with Crippen LogP contribution in [0.1, 0.15) is 11.8 Å². The number of imide groups is 1. The number of rotatable bonds is 6. The molecule has 0 bridgehead atoms. The van der Waals surface area contributed by atoms with Crippen molar-refractivity contribution in [2.75, 3.05) is 16.8 Å². The lowest BCUT2D eigenvalue weighted by atomic mass is 10.2. The molecule has 2 aromatic carbocycles. The van der Waals surface area contributed by atoms with Gasteiger partial charge in [-0.1, -0.05) is 17.7 Å². The van der Waals surface area contributed by atoms with Crippen molar-refractivity contribution in [1.29, 1.82) is 0 Å². The smallest absolute Gasteiger partial charge is 0.282 e. The largest absolute Gasteiger partial charge is 0.494 e. The Morgan fingerprint density at radius 2 is 1.87 bits per heavy atom. The Bertz CT molecular complexity index is 1140. The summed E-state index contributed by atoms with van der Waals surface area (Å²) in [6.07, 6.45) is 0. The van der Waals surface area contributed by atoms with Gasteiger partial charge in [0.1, 0.15) is 17.3 Å². The molecule has 0 unspecified atom stereocenters. The molecule has 30 heavy (non-hydrogen) atoms. The van der Waals surface area contributed by atoms with Crippen LogP contribution in [0.25, 0.3) is 5.57 Å². The number of nitrogens with one attached hydrogen (secondary N) is 1. The van der Waals surface area contributed by atoms with Gasteiger partial charge in [0.05, 0.1) is 22.9 Å². The molecule has 0 radical (unpaired) electrons. The Morgan fingerprint density at radius 3 is 2.50 bits per heavy atom. The van der Waals surface area contributed by atoms with Crippen molar-refractivity contribution < 1.29 is 18.7 Å². The summed E-state index contributed by atoms with van der Waals surface area (Å²) in [5.41, 5.74) is 1.23. The summed E-state index contributed by atoms with van der Waals surface area (Å²) >= 11 is 7.22. The maximum Gasteiger partial charge on any atom is 0.282 e. The van der Waals surface area contributed by atoms with Gasteiger partial charge in [-0.15, -0.1) is 11.3 Å². The van der Waals surface area contributed by atoms with Gasteiger partial charge >= 0.3 is 0 Å². The summed E-state index contributed by atoms with van der Waals surface area (Å²) in [5, 5.41) is 4.72. The Hall–Kier alpha value is -3.16. The van der Waals surface area contributed by atoms with Crippen LogP contribution in [0.3, 0.4) is 0 Å². The minimum atomic E-state index is -0.626. The van der Waals surface area contributed by atoms with E-state index in [1.807, 2.05) is 12.3 Å². The van der Waals surface area contributed by atoms with E-state index in [-0.39, 0.29) is 22.0 Å². The average Bonchev–Trinajstić information content (AvgIpc) is 3.33. The van der Waals surface area contributed by atoms with Gasteiger partial charge in [0.2, 0.25) is 0 Å². The van der Waals surface area contributed by atoms with Gasteiger partial charge in [0.25, 0.3) is 11.8 Å². The molecule has 0 atom stereocenters. The maximum atomic E-state index is 13.6. The number of carbonyl (C=O) groups excluding carboxylic acids is 2. The van der Waals surface area contributed by atoms with Crippen LogP contribution in [0.15, 0.2) is 65.7 Å². The van der Waals surface area contributed by atoms with E-state index in [0.29, 0.717) is 22.9 Å². The lowest BCUT2D eigenvalue weighted by Gasteiger charge is -2.16. The van der Waals surface area contributed by atoms with Crippen LogP contribution in [0, 0.1) is 5.82 Å². The highest BCUT2D eigenvalue weighted by Gasteiger charge is 2.40. The van der Waals surface area contributed by atoms with Crippen LogP contribution in [-0.2, 0) is 9.59 Å². The first kappa shape index (κ1) is 20.1. The van der Waals surface area contributed by atoms with Gasteiger partial charge in [-0.05, 0) is 60.8 Å². The van der Waals surface area contributed by atoms with E-state index in [9.17, 15) is 14.0 Å². The molecule has 0 aliphatic carbocycles. The zero-order valence-corrected chi connectivity index (χ0v) is 17.4. The lowest BCUT2D eigenvalue weighted by Crippen LogP contribution is -2.32. The molecular weight excluding hydrogens is 427 g/mol. The molecular formula is C22H16ClFN2O3S. The Labute approximate surface area is 181 Å². The van der Waals surface area contributed by atoms with E-state index in [4.69, 9.17) is 16.3 Å². The highest BCUT2D eigenvalue weighted by atomic mass is 35.5.